The van der Waals surface area contributed by atoms with Crippen LogP contribution in [0.3, 0.4) is 0 Å². The molecule has 0 spiro atoms. The number of rotatable bonds is 11. The van der Waals surface area contributed by atoms with Gasteiger partial charge in [-0.15, -0.1) is 0 Å². The van der Waals surface area contributed by atoms with Crippen LogP contribution >= 0.6 is 0 Å². The Balaban J connectivity index is 1.68. The lowest BCUT2D eigenvalue weighted by Crippen LogP contribution is -2.61. The summed E-state index contributed by atoms with van der Waals surface area (Å²) in [7, 11) is 4.64. The van der Waals surface area contributed by atoms with Gasteiger partial charge in [0.25, 0.3) is 11.7 Å². The number of hydrogen-bond donors (Lipinski definition) is 2. The van der Waals surface area contributed by atoms with Crippen molar-refractivity contribution >= 4 is 29.2 Å². The molecule has 70 heavy (non-hydrogen) atoms. The number of aliphatic hydroxyl groups excluding tert-OH is 1. The highest BCUT2D eigenvalue weighted by Gasteiger charge is 2.53. The van der Waals surface area contributed by atoms with E-state index in [0.29, 0.717) is 76.8 Å². The predicted octanol–water partition coefficient (Wildman–Crippen LogP) is 7.24. The molecule has 4 rings (SSSR count). The Morgan fingerprint density at radius 1 is 0.843 bits per heavy atom. The van der Waals surface area contributed by atoms with Crippen molar-refractivity contribution in [1.82, 2.24) is 4.90 Å². The minimum absolute atomic E-state index is 0.0195. The summed E-state index contributed by atoms with van der Waals surface area (Å²) in [6, 6.07) is -1.14. The van der Waals surface area contributed by atoms with Gasteiger partial charge in [0.2, 0.25) is 5.79 Å². The Kier molecular flexibility index (Phi) is 24.3. The number of nitrogens with zero attached hydrogens (tertiary/aromatic N) is 1. The zero-order valence-corrected chi connectivity index (χ0v) is 44.1. The first-order chi connectivity index (χ1) is 33.3. The van der Waals surface area contributed by atoms with Crippen LogP contribution in [0.25, 0.3) is 0 Å². The molecule has 5 unspecified atom stereocenters. The number of allylic oxidation sites excluding steroid dienone is 6. The third-order valence-corrected chi connectivity index (χ3v) is 15.2. The number of aliphatic hydroxyl groups is 2. The molecule has 3 aliphatic heterocycles. The molecular weight excluding hydrogens is 899 g/mol. The van der Waals surface area contributed by atoms with Gasteiger partial charge in [0.1, 0.15) is 30.1 Å². The number of hydrogen-bond acceptors (Lipinski definition) is 14. The average molecular weight is 986 g/mol. The molecule has 0 aromatic rings. The third-order valence-electron chi connectivity index (χ3n) is 15.2. The second-order valence-electron chi connectivity index (χ2n) is 20.6. The molecule has 2 saturated heterocycles. The first-order valence-electron chi connectivity index (χ1n) is 26.0. The van der Waals surface area contributed by atoms with E-state index in [-0.39, 0.29) is 60.9 Å². The molecule has 3 heterocycles. The van der Waals surface area contributed by atoms with Gasteiger partial charge in [-0.3, -0.25) is 19.2 Å². The zero-order valence-electron chi connectivity index (χ0n) is 44.1. The molecule has 15 heteroatoms. The normalized spacial score (nSPS) is 38.4. The van der Waals surface area contributed by atoms with Crippen molar-refractivity contribution in [3.63, 3.8) is 0 Å². The highest BCUT2D eigenvalue weighted by atomic mass is 16.6. The molecule has 0 aromatic carbocycles. The number of piperidine rings is 1. The summed E-state index contributed by atoms with van der Waals surface area (Å²) in [4.78, 5) is 72.4. The van der Waals surface area contributed by atoms with E-state index in [1.807, 2.05) is 65.0 Å². The molecule has 3 fully saturated rings. The van der Waals surface area contributed by atoms with Crippen LogP contribution in [0.4, 0.5) is 0 Å². The van der Waals surface area contributed by atoms with Gasteiger partial charge in [-0.25, -0.2) is 4.79 Å². The summed E-state index contributed by atoms with van der Waals surface area (Å²) in [5, 5.41) is 23.5. The summed E-state index contributed by atoms with van der Waals surface area (Å²) in [6.07, 6.45) is 12.4. The molecule has 1 aliphatic carbocycles. The summed E-state index contributed by atoms with van der Waals surface area (Å²) in [6.45, 7) is 16.4. The molecular formula is C55H87NO14. The molecule has 396 valence electrons. The molecule has 0 aromatic heterocycles. The molecule has 4 aliphatic rings. The van der Waals surface area contributed by atoms with Crippen molar-refractivity contribution in [2.24, 2.45) is 35.5 Å². The summed E-state index contributed by atoms with van der Waals surface area (Å²) < 4.78 is 41.5. The molecule has 15 atom stereocenters. The predicted molar refractivity (Wildman–Crippen MR) is 265 cm³/mol. The van der Waals surface area contributed by atoms with E-state index in [1.54, 1.807) is 41.1 Å². The van der Waals surface area contributed by atoms with Gasteiger partial charge in [-0.2, -0.15) is 0 Å². The second kappa shape index (κ2) is 28.7. The Morgan fingerprint density at radius 2 is 1.59 bits per heavy atom. The summed E-state index contributed by atoms with van der Waals surface area (Å²) in [5.74, 6) is -7.83. The SMILES string of the molecule is CCOCCOC1CC[C@@H](CC(C)[C@@H]2CC(=O)[C@H](C)/C=C(\C)[C@@H](O)C(OC)C(=O)C(C)CC(C)/C=C/C=C/C=C(\C)[C@@H](OC)C[C@@H]3CC[C@@H](C)[C@@](O)(O3)C(=O)C(=O)N3CCCC[C@H]3C(=O)O2)C[C@H]1OC. The number of ketones is 3. The van der Waals surface area contributed by atoms with Gasteiger partial charge in [0.15, 0.2) is 5.78 Å². The van der Waals surface area contributed by atoms with Crippen molar-refractivity contribution in [1.29, 1.82) is 0 Å². The highest BCUT2D eigenvalue weighted by Crippen LogP contribution is 2.38. The van der Waals surface area contributed by atoms with Crippen molar-refractivity contribution in [2.45, 2.75) is 187 Å². The van der Waals surface area contributed by atoms with E-state index < -0.39 is 77.8 Å². The van der Waals surface area contributed by atoms with Crippen LogP contribution < -0.4 is 0 Å². The van der Waals surface area contributed by atoms with Crippen LogP contribution in [0, 0.1) is 35.5 Å². The molecule has 1 saturated carbocycles. The highest BCUT2D eigenvalue weighted by molar-refractivity contribution is 6.39. The average Bonchev–Trinajstić information content (AvgIpc) is 3.34. The quantitative estimate of drug-likeness (QED) is 0.0911. The molecule has 1 amide bonds. The molecule has 0 radical (unpaired) electrons. The lowest BCUT2D eigenvalue weighted by Gasteiger charge is -2.42. The number of amides is 1. The van der Waals surface area contributed by atoms with Crippen molar-refractivity contribution in [3.05, 3.63) is 47.6 Å². The number of Topliss-reactive ketones (excluding diaryl/α,β-unsaturated/α-hetero) is 3. The lowest BCUT2D eigenvalue weighted by molar-refractivity contribution is -0.265. The van der Waals surface area contributed by atoms with Crippen LogP contribution in [0.2, 0.25) is 0 Å². The Labute approximate surface area is 418 Å². The van der Waals surface area contributed by atoms with Gasteiger partial charge >= 0.3 is 5.97 Å². The zero-order chi connectivity index (χ0) is 51.7. The van der Waals surface area contributed by atoms with E-state index in [4.69, 9.17) is 33.2 Å². The molecule has 2 N–H and O–H groups in total. The topological polar surface area (TPSA) is 194 Å². The number of cyclic esters (lactones) is 1. The Bertz CT molecular complexity index is 1840. The second-order valence-corrected chi connectivity index (χ2v) is 20.6. The third kappa shape index (κ3) is 16.3. The van der Waals surface area contributed by atoms with Crippen LogP contribution in [-0.4, -0.2) is 147 Å². The number of esters is 1. The first kappa shape index (κ1) is 59.2. The van der Waals surface area contributed by atoms with Crippen molar-refractivity contribution in [2.75, 3.05) is 47.7 Å². The number of methoxy groups -OCH3 is 3. The van der Waals surface area contributed by atoms with Crippen LogP contribution in [-0.2, 0) is 57.1 Å². The number of carbonyl (C=O) groups is 5. The summed E-state index contributed by atoms with van der Waals surface area (Å²) >= 11 is 0. The number of carbonyl (C=O) groups excluding carboxylic acids is 5. The first-order valence-corrected chi connectivity index (χ1v) is 26.0. The minimum atomic E-state index is -2.43. The van der Waals surface area contributed by atoms with E-state index in [2.05, 4.69) is 0 Å². The molecule has 15 nitrogen and oxygen atoms in total. The fraction of sp³-hybridized carbons (Fsp3) is 0.764. The smallest absolute Gasteiger partial charge is 0.329 e. The fourth-order valence-electron chi connectivity index (χ4n) is 10.7. The standard InChI is InChI=1S/C55H87NO14/c1-12-67-26-27-68-45-24-22-41(31-48(45)65-10)30-37(5)47-33-44(57)36(4)29-39(7)50(59)51(66-11)49(58)38(6)28-34(2)18-14-13-15-19-35(3)46(64-9)32-42-23-21-40(8)55(63,70-42)52(60)53(61)56-25-17-16-20-43(56)54(62)69-47/h13-15,18-19,29,34,36-38,40-43,45-48,50-51,59,63H,12,16-17,20-28,30-33H2,1-11H3/b15-13+,18-14+,35-19+,39-29+/t34?,36-,37?,38?,40-,41+,42+,43+,45?,46+,47+,48-,50-,51?,55-/m1/s1. The van der Waals surface area contributed by atoms with E-state index in [1.165, 1.54) is 12.0 Å². The minimum Gasteiger partial charge on any atom is -0.460 e. The Morgan fingerprint density at radius 3 is 2.27 bits per heavy atom. The van der Waals surface area contributed by atoms with Gasteiger partial charge in [-0.1, -0.05) is 71.1 Å². The van der Waals surface area contributed by atoms with Gasteiger partial charge in [-0.05, 0) is 114 Å². The summed E-state index contributed by atoms with van der Waals surface area (Å²) in [5.41, 5.74) is 1.28. The maximum Gasteiger partial charge on any atom is 0.329 e. The van der Waals surface area contributed by atoms with E-state index in [0.717, 1.165) is 18.4 Å². The van der Waals surface area contributed by atoms with Gasteiger partial charge in [0.05, 0.1) is 37.6 Å². The molecule has 2 bridgehead atoms. The van der Waals surface area contributed by atoms with Crippen molar-refractivity contribution in [3.8, 4) is 0 Å². The maximum atomic E-state index is 14.5. The van der Waals surface area contributed by atoms with Gasteiger partial charge in [0, 0.05) is 65.1 Å². The van der Waals surface area contributed by atoms with E-state index in [9.17, 15) is 34.2 Å². The van der Waals surface area contributed by atoms with Crippen LogP contribution in [0.15, 0.2) is 47.6 Å². The number of fused-ring (bicyclic) bond motifs is 3. The maximum absolute atomic E-state index is 14.5. The van der Waals surface area contributed by atoms with Gasteiger partial charge < -0.3 is 48.3 Å². The van der Waals surface area contributed by atoms with Crippen molar-refractivity contribution < 1.29 is 67.3 Å². The van der Waals surface area contributed by atoms with Crippen LogP contribution in [0.1, 0.15) is 132 Å². The largest absolute Gasteiger partial charge is 0.460 e. The monoisotopic (exact) mass is 986 g/mol. The Hall–Kier alpha value is -3.41. The van der Waals surface area contributed by atoms with E-state index >= 15 is 0 Å². The van der Waals surface area contributed by atoms with Crippen LogP contribution in [0.5, 0.6) is 0 Å². The lowest BCUT2D eigenvalue weighted by atomic mass is 9.78. The fourth-order valence-corrected chi connectivity index (χ4v) is 10.7. The number of ether oxygens (including phenoxy) is 7.